The second-order valence-corrected chi connectivity index (χ2v) is 5.88. The number of benzene rings is 1. The molecule has 1 aliphatic heterocycles. The number of aromatic nitrogens is 1. The molecule has 20 heavy (non-hydrogen) atoms. The lowest BCUT2D eigenvalue weighted by molar-refractivity contribution is -0.110. The van der Waals surface area contributed by atoms with Crippen LogP contribution in [-0.2, 0) is 4.79 Å². The smallest absolute Gasteiger partial charge is 0.257 e. The summed E-state index contributed by atoms with van der Waals surface area (Å²) in [6.45, 7) is 2.07. The fourth-order valence-corrected chi connectivity index (χ4v) is 3.39. The van der Waals surface area contributed by atoms with Crippen LogP contribution in [0, 0.1) is 6.92 Å². The van der Waals surface area contributed by atoms with E-state index in [1.807, 2.05) is 23.7 Å². The number of aromatic amines is 1. The average Bonchev–Trinajstić information content (AvgIpc) is 3.08. The van der Waals surface area contributed by atoms with Crippen molar-refractivity contribution < 1.29 is 4.79 Å². The van der Waals surface area contributed by atoms with Gasteiger partial charge in [-0.25, -0.2) is 0 Å². The van der Waals surface area contributed by atoms with Crippen molar-refractivity contribution in [2.75, 3.05) is 5.32 Å². The summed E-state index contributed by atoms with van der Waals surface area (Å²) in [6, 6.07) is 8.28. The molecule has 0 aliphatic carbocycles. The molecule has 4 rings (SSSR count). The van der Waals surface area contributed by atoms with Crippen LogP contribution in [0.3, 0.4) is 0 Å². The fourth-order valence-electron chi connectivity index (χ4n) is 2.59. The molecule has 1 amide bonds. The highest BCUT2D eigenvalue weighted by molar-refractivity contribution is 7.15. The largest absolute Gasteiger partial charge is 0.361 e. The highest BCUT2D eigenvalue weighted by Crippen LogP contribution is 2.37. The molecule has 4 heteroatoms. The van der Waals surface area contributed by atoms with E-state index in [1.165, 1.54) is 5.56 Å². The third-order valence-corrected chi connectivity index (χ3v) is 4.43. The molecule has 0 atom stereocenters. The quantitative estimate of drug-likeness (QED) is 0.649. The predicted molar refractivity (Wildman–Crippen MR) is 83.9 cm³/mol. The van der Waals surface area contributed by atoms with E-state index in [0.29, 0.717) is 0 Å². The summed E-state index contributed by atoms with van der Waals surface area (Å²) in [7, 11) is 0. The fraction of sp³-hybridized carbons (Fsp3) is 0.0625. The van der Waals surface area contributed by atoms with Crippen molar-refractivity contribution in [3.63, 3.8) is 0 Å². The molecule has 1 aliphatic rings. The molecule has 3 nitrogen and oxygen atoms in total. The third kappa shape index (κ3) is 1.62. The van der Waals surface area contributed by atoms with E-state index in [0.717, 1.165) is 32.6 Å². The Balaban J connectivity index is 1.89. The Hall–Kier alpha value is -2.33. The van der Waals surface area contributed by atoms with Gasteiger partial charge in [-0.1, -0.05) is 12.1 Å². The molecule has 0 unspecified atom stereocenters. The first-order valence-electron chi connectivity index (χ1n) is 6.41. The van der Waals surface area contributed by atoms with Gasteiger partial charge in [0.1, 0.15) is 5.00 Å². The Morgan fingerprint density at radius 1 is 1.25 bits per heavy atom. The van der Waals surface area contributed by atoms with Crippen molar-refractivity contribution >= 4 is 44.8 Å². The molecular formula is C16H12N2OS. The van der Waals surface area contributed by atoms with Crippen molar-refractivity contribution in [1.82, 2.24) is 4.98 Å². The van der Waals surface area contributed by atoms with Gasteiger partial charge < -0.3 is 10.3 Å². The Bertz CT molecular complexity index is 870. The van der Waals surface area contributed by atoms with Gasteiger partial charge in [-0.15, -0.1) is 11.3 Å². The molecular weight excluding hydrogens is 268 g/mol. The number of H-pyrrole nitrogens is 1. The lowest BCUT2D eigenvalue weighted by atomic mass is 10.1. The van der Waals surface area contributed by atoms with Gasteiger partial charge in [0.15, 0.2) is 0 Å². The third-order valence-electron chi connectivity index (χ3n) is 3.60. The van der Waals surface area contributed by atoms with Gasteiger partial charge in [-0.05, 0) is 36.1 Å². The highest BCUT2D eigenvalue weighted by atomic mass is 32.1. The minimum absolute atomic E-state index is 0.0201. The molecule has 0 saturated carbocycles. The molecule has 98 valence electrons. The van der Waals surface area contributed by atoms with Crippen LogP contribution >= 0.6 is 11.3 Å². The van der Waals surface area contributed by atoms with Gasteiger partial charge in [0.2, 0.25) is 0 Å². The summed E-state index contributed by atoms with van der Waals surface area (Å²) in [5, 5.41) is 6.97. The Kier molecular flexibility index (Phi) is 2.35. The number of amides is 1. The Labute approximate surface area is 119 Å². The molecule has 1 aromatic carbocycles. The number of fused-ring (bicyclic) bond motifs is 2. The first-order chi connectivity index (χ1) is 9.72. The molecule has 0 bridgehead atoms. The second-order valence-electron chi connectivity index (χ2n) is 4.97. The highest BCUT2D eigenvalue weighted by Gasteiger charge is 2.25. The second kappa shape index (κ2) is 4.08. The SMILES string of the molecule is Cc1ccc2c(/C=C3/C(=O)Nc4sccc43)c[nH]c2c1. The normalized spacial score (nSPS) is 15.8. The van der Waals surface area contributed by atoms with E-state index in [-0.39, 0.29) is 5.91 Å². The first kappa shape index (κ1) is 11.5. The maximum atomic E-state index is 12.0. The summed E-state index contributed by atoms with van der Waals surface area (Å²) in [5.41, 5.74) is 5.10. The van der Waals surface area contributed by atoms with E-state index in [1.54, 1.807) is 11.3 Å². The number of hydrogen-bond acceptors (Lipinski definition) is 2. The summed E-state index contributed by atoms with van der Waals surface area (Å²) >= 11 is 1.56. The number of hydrogen-bond donors (Lipinski definition) is 2. The van der Waals surface area contributed by atoms with E-state index < -0.39 is 0 Å². The Morgan fingerprint density at radius 2 is 2.15 bits per heavy atom. The summed E-state index contributed by atoms with van der Waals surface area (Å²) in [5.74, 6) is -0.0201. The van der Waals surface area contributed by atoms with E-state index in [9.17, 15) is 4.79 Å². The van der Waals surface area contributed by atoms with Crippen LogP contribution in [0.1, 0.15) is 16.7 Å². The van der Waals surface area contributed by atoms with E-state index >= 15 is 0 Å². The van der Waals surface area contributed by atoms with E-state index in [2.05, 4.69) is 35.4 Å². The van der Waals surface area contributed by atoms with Crippen molar-refractivity contribution in [2.24, 2.45) is 0 Å². The lowest BCUT2D eigenvalue weighted by Gasteiger charge is -1.97. The van der Waals surface area contributed by atoms with Crippen LogP contribution in [0.5, 0.6) is 0 Å². The number of rotatable bonds is 1. The summed E-state index contributed by atoms with van der Waals surface area (Å²) in [6.07, 6.45) is 3.91. The minimum Gasteiger partial charge on any atom is -0.361 e. The predicted octanol–water partition coefficient (Wildman–Crippen LogP) is 4.03. The number of carbonyl (C=O) groups excluding carboxylic acids is 1. The van der Waals surface area contributed by atoms with Crippen molar-refractivity contribution in [1.29, 1.82) is 0 Å². The zero-order valence-corrected chi connectivity index (χ0v) is 11.7. The maximum Gasteiger partial charge on any atom is 0.257 e. The van der Waals surface area contributed by atoms with Crippen molar-refractivity contribution in [3.8, 4) is 0 Å². The van der Waals surface area contributed by atoms with Crippen LogP contribution in [0.25, 0.3) is 22.6 Å². The summed E-state index contributed by atoms with van der Waals surface area (Å²) < 4.78 is 0. The standard InChI is InChI=1S/C16H12N2OS/c1-9-2-3-11-10(8-17-14(11)6-9)7-13-12-4-5-20-16(12)18-15(13)19/h2-8,17H,1H3,(H,18,19)/b13-7+. The monoisotopic (exact) mass is 280 g/mol. The van der Waals surface area contributed by atoms with Crippen LogP contribution < -0.4 is 5.32 Å². The van der Waals surface area contributed by atoms with Crippen LogP contribution in [0.2, 0.25) is 0 Å². The molecule has 0 radical (unpaired) electrons. The molecule has 3 aromatic rings. The number of carbonyl (C=O) groups is 1. The minimum atomic E-state index is -0.0201. The van der Waals surface area contributed by atoms with Gasteiger partial charge in [0, 0.05) is 28.2 Å². The molecule has 2 aromatic heterocycles. The van der Waals surface area contributed by atoms with Gasteiger partial charge in [-0.3, -0.25) is 4.79 Å². The van der Waals surface area contributed by atoms with Gasteiger partial charge >= 0.3 is 0 Å². The van der Waals surface area contributed by atoms with Gasteiger partial charge in [0.05, 0.1) is 5.57 Å². The van der Waals surface area contributed by atoms with E-state index in [4.69, 9.17) is 0 Å². The zero-order chi connectivity index (χ0) is 13.7. The van der Waals surface area contributed by atoms with Crippen LogP contribution in [0.15, 0.2) is 35.8 Å². The van der Waals surface area contributed by atoms with Crippen molar-refractivity contribution in [3.05, 3.63) is 52.5 Å². The molecule has 0 saturated heterocycles. The summed E-state index contributed by atoms with van der Waals surface area (Å²) in [4.78, 5) is 15.3. The van der Waals surface area contributed by atoms with Crippen LogP contribution in [0.4, 0.5) is 5.00 Å². The average molecular weight is 280 g/mol. The lowest BCUT2D eigenvalue weighted by Crippen LogP contribution is -2.03. The zero-order valence-electron chi connectivity index (χ0n) is 10.9. The maximum absolute atomic E-state index is 12.0. The van der Waals surface area contributed by atoms with Crippen LogP contribution in [-0.4, -0.2) is 10.9 Å². The van der Waals surface area contributed by atoms with Gasteiger partial charge in [0.25, 0.3) is 5.91 Å². The van der Waals surface area contributed by atoms with Gasteiger partial charge in [-0.2, -0.15) is 0 Å². The molecule has 0 fully saturated rings. The Morgan fingerprint density at radius 3 is 3.05 bits per heavy atom. The number of nitrogens with one attached hydrogen (secondary N) is 2. The number of aryl methyl sites for hydroxylation is 1. The first-order valence-corrected chi connectivity index (χ1v) is 7.29. The van der Waals surface area contributed by atoms with Crippen molar-refractivity contribution in [2.45, 2.75) is 6.92 Å². The molecule has 3 heterocycles. The topological polar surface area (TPSA) is 44.9 Å². The molecule has 2 N–H and O–H groups in total. The number of thiophene rings is 1. The molecule has 0 spiro atoms. The number of anilines is 1.